The van der Waals surface area contributed by atoms with Crippen LogP contribution in [0.25, 0.3) is 0 Å². The molecule has 1 aromatic rings. The van der Waals surface area contributed by atoms with E-state index >= 15 is 0 Å². The van der Waals surface area contributed by atoms with Crippen LogP contribution >= 0.6 is 0 Å². The molecule has 0 saturated carbocycles. The van der Waals surface area contributed by atoms with Gasteiger partial charge in [0.15, 0.2) is 0 Å². The topological polar surface area (TPSA) is 61.8 Å². The lowest BCUT2D eigenvalue weighted by Crippen LogP contribution is -2.11. The Morgan fingerprint density at radius 1 is 1.06 bits per heavy atom. The van der Waals surface area contributed by atoms with E-state index in [0.29, 0.717) is 13.2 Å². The highest BCUT2D eigenvalue weighted by Crippen LogP contribution is 2.13. The maximum absolute atomic E-state index is 11.6. The van der Waals surface area contributed by atoms with Gasteiger partial charge in [-0.1, -0.05) is 24.6 Å². The summed E-state index contributed by atoms with van der Waals surface area (Å²) < 4.78 is 32.8. The molecule has 0 aliphatic rings. The Morgan fingerprint density at radius 2 is 1.72 bits per heavy atom. The molecule has 102 valence electrons. The molecule has 0 spiro atoms. The van der Waals surface area contributed by atoms with Crippen LogP contribution in [0.15, 0.2) is 29.2 Å². The number of rotatable bonds is 8. The number of aryl methyl sites for hydroxylation is 1. The molecule has 0 fully saturated rings. The quantitative estimate of drug-likeness (QED) is 0.412. The lowest BCUT2D eigenvalue weighted by atomic mass is 10.2. The Morgan fingerprint density at radius 3 is 2.33 bits per heavy atom. The Labute approximate surface area is 108 Å². The third-order valence-electron chi connectivity index (χ3n) is 2.11. The lowest BCUT2D eigenvalue weighted by molar-refractivity contribution is -0.210. The highest BCUT2D eigenvalue weighted by Gasteiger charge is 2.15. The molecule has 1 rings (SSSR count). The summed E-state index contributed by atoms with van der Waals surface area (Å²) in [6.07, 6.45) is 0.905. The van der Waals surface area contributed by atoms with E-state index in [-0.39, 0.29) is 11.5 Å². The second-order valence-electron chi connectivity index (χ2n) is 3.77. The fourth-order valence-electron chi connectivity index (χ4n) is 1.18. The Hall–Kier alpha value is -0.950. The molecule has 0 heterocycles. The third kappa shape index (κ3) is 5.14. The van der Waals surface area contributed by atoms with Crippen LogP contribution in [0.3, 0.4) is 0 Å². The summed E-state index contributed by atoms with van der Waals surface area (Å²) in [7, 11) is -3.85. The van der Waals surface area contributed by atoms with Gasteiger partial charge >= 0.3 is 10.1 Å². The predicted molar refractivity (Wildman–Crippen MR) is 66.5 cm³/mol. The lowest BCUT2D eigenvalue weighted by Gasteiger charge is -2.05. The first-order chi connectivity index (χ1) is 8.56. The van der Waals surface area contributed by atoms with E-state index < -0.39 is 10.1 Å². The smallest absolute Gasteiger partial charge is 0.323 e. The predicted octanol–water partition coefficient (Wildman–Crippen LogP) is 2.06. The van der Waals surface area contributed by atoms with Crippen molar-refractivity contribution in [2.45, 2.75) is 25.2 Å². The minimum absolute atomic E-state index is 0.0718. The second-order valence-corrected chi connectivity index (χ2v) is 5.29. The van der Waals surface area contributed by atoms with Gasteiger partial charge in [-0.3, -0.25) is 0 Å². The first-order valence-electron chi connectivity index (χ1n) is 5.77. The SMILES string of the molecule is CCCOCCOOS(=O)(=O)c1ccc(C)cc1. The molecular formula is C12H18O5S. The van der Waals surface area contributed by atoms with Crippen molar-refractivity contribution in [1.82, 2.24) is 0 Å². The zero-order valence-corrected chi connectivity index (χ0v) is 11.4. The Kier molecular flexibility index (Phi) is 6.28. The van der Waals surface area contributed by atoms with Gasteiger partial charge in [-0.05, 0) is 25.5 Å². The maximum atomic E-state index is 11.6. The Balaban J connectivity index is 2.38. The molecule has 0 saturated heterocycles. The van der Waals surface area contributed by atoms with Gasteiger partial charge in [0.25, 0.3) is 0 Å². The van der Waals surface area contributed by atoms with Gasteiger partial charge in [-0.15, -0.1) is 4.33 Å². The first kappa shape index (κ1) is 15.1. The van der Waals surface area contributed by atoms with E-state index in [4.69, 9.17) is 4.74 Å². The van der Waals surface area contributed by atoms with E-state index in [2.05, 4.69) is 9.22 Å². The largest absolute Gasteiger partial charge is 0.379 e. The van der Waals surface area contributed by atoms with Gasteiger partial charge in [0.05, 0.1) is 11.5 Å². The van der Waals surface area contributed by atoms with Gasteiger partial charge < -0.3 is 4.74 Å². The van der Waals surface area contributed by atoms with Crippen molar-refractivity contribution in [2.75, 3.05) is 19.8 Å². The van der Waals surface area contributed by atoms with Crippen molar-refractivity contribution in [3.8, 4) is 0 Å². The molecule has 0 N–H and O–H groups in total. The first-order valence-corrected chi connectivity index (χ1v) is 7.17. The molecule has 0 bridgehead atoms. The van der Waals surface area contributed by atoms with Gasteiger partial charge in [0.1, 0.15) is 6.61 Å². The van der Waals surface area contributed by atoms with Crippen LogP contribution in [0.5, 0.6) is 0 Å². The van der Waals surface area contributed by atoms with Crippen LogP contribution in [0.2, 0.25) is 0 Å². The van der Waals surface area contributed by atoms with Crippen molar-refractivity contribution in [2.24, 2.45) is 0 Å². The zero-order valence-electron chi connectivity index (χ0n) is 10.6. The molecule has 0 aliphatic carbocycles. The van der Waals surface area contributed by atoms with Crippen LogP contribution < -0.4 is 0 Å². The fourth-order valence-corrected chi connectivity index (χ4v) is 1.92. The molecule has 0 aromatic heterocycles. The van der Waals surface area contributed by atoms with Crippen LogP contribution in [0.4, 0.5) is 0 Å². The highest BCUT2D eigenvalue weighted by atomic mass is 32.2. The van der Waals surface area contributed by atoms with Crippen LogP contribution in [0.1, 0.15) is 18.9 Å². The summed E-state index contributed by atoms with van der Waals surface area (Å²) in [5, 5.41) is 0. The van der Waals surface area contributed by atoms with Crippen LogP contribution in [-0.2, 0) is 24.1 Å². The minimum Gasteiger partial charge on any atom is -0.379 e. The summed E-state index contributed by atoms with van der Waals surface area (Å²) in [6, 6.07) is 6.34. The monoisotopic (exact) mass is 274 g/mol. The second kappa shape index (κ2) is 7.48. The molecule has 5 nitrogen and oxygen atoms in total. The van der Waals surface area contributed by atoms with Crippen molar-refractivity contribution < 1.29 is 22.4 Å². The normalized spacial score (nSPS) is 11.7. The van der Waals surface area contributed by atoms with Gasteiger partial charge in [-0.2, -0.15) is 8.42 Å². The Bertz CT molecular complexity index is 438. The van der Waals surface area contributed by atoms with Crippen molar-refractivity contribution in [3.05, 3.63) is 29.8 Å². The van der Waals surface area contributed by atoms with E-state index in [9.17, 15) is 8.42 Å². The average molecular weight is 274 g/mol. The third-order valence-corrected chi connectivity index (χ3v) is 3.23. The summed E-state index contributed by atoms with van der Waals surface area (Å²) in [5.74, 6) is 0. The molecule has 0 amide bonds. The standard InChI is InChI=1S/C12H18O5S/c1-3-8-15-9-10-16-17-18(13,14)12-6-4-11(2)5-7-12/h4-7H,3,8-10H2,1-2H3. The summed E-state index contributed by atoms with van der Waals surface area (Å²) in [4.78, 5) is 4.69. The van der Waals surface area contributed by atoms with Crippen LogP contribution in [-0.4, -0.2) is 28.2 Å². The molecule has 0 unspecified atom stereocenters. The molecule has 6 heteroatoms. The number of benzene rings is 1. The van der Waals surface area contributed by atoms with E-state index in [1.165, 1.54) is 12.1 Å². The van der Waals surface area contributed by atoms with E-state index in [0.717, 1.165) is 12.0 Å². The van der Waals surface area contributed by atoms with Crippen molar-refractivity contribution in [3.63, 3.8) is 0 Å². The van der Waals surface area contributed by atoms with Gasteiger partial charge in [-0.25, -0.2) is 4.89 Å². The molecule has 18 heavy (non-hydrogen) atoms. The van der Waals surface area contributed by atoms with Gasteiger partial charge in [0.2, 0.25) is 0 Å². The average Bonchev–Trinajstić information content (AvgIpc) is 2.34. The van der Waals surface area contributed by atoms with Crippen molar-refractivity contribution in [1.29, 1.82) is 0 Å². The molecule has 0 atom stereocenters. The van der Waals surface area contributed by atoms with Crippen molar-refractivity contribution >= 4 is 10.1 Å². The molecule has 0 aliphatic heterocycles. The molecular weight excluding hydrogens is 256 g/mol. The summed E-state index contributed by atoms with van der Waals surface area (Å²) in [6.45, 7) is 4.86. The molecule has 0 radical (unpaired) electrons. The number of hydrogen-bond acceptors (Lipinski definition) is 5. The molecule has 1 aromatic carbocycles. The zero-order chi connectivity index (χ0) is 13.4. The van der Waals surface area contributed by atoms with E-state index in [1.54, 1.807) is 12.1 Å². The van der Waals surface area contributed by atoms with Crippen LogP contribution in [0, 0.1) is 6.92 Å². The maximum Gasteiger partial charge on any atom is 0.323 e. The number of hydrogen-bond donors (Lipinski definition) is 0. The fraction of sp³-hybridized carbons (Fsp3) is 0.500. The summed E-state index contributed by atoms with van der Waals surface area (Å²) in [5.41, 5.74) is 0.975. The number of ether oxygens (including phenoxy) is 1. The summed E-state index contributed by atoms with van der Waals surface area (Å²) >= 11 is 0. The minimum atomic E-state index is -3.85. The highest BCUT2D eigenvalue weighted by molar-refractivity contribution is 7.86. The van der Waals surface area contributed by atoms with Gasteiger partial charge in [0, 0.05) is 6.61 Å². The van der Waals surface area contributed by atoms with E-state index in [1.807, 2.05) is 13.8 Å².